The Morgan fingerprint density at radius 2 is 1.81 bits per heavy atom. The van der Waals surface area contributed by atoms with Gasteiger partial charge < -0.3 is 4.90 Å². The maximum Gasteiger partial charge on any atom is 0.259 e. The van der Waals surface area contributed by atoms with Gasteiger partial charge in [0.05, 0.1) is 0 Å². The number of hydrogen-bond acceptors (Lipinski definition) is 3. The summed E-state index contributed by atoms with van der Waals surface area (Å²) < 4.78 is 1.57. The Morgan fingerprint density at radius 1 is 1.00 bits per heavy atom. The summed E-state index contributed by atoms with van der Waals surface area (Å²) in [5, 5.41) is 0. The van der Waals surface area contributed by atoms with Crippen LogP contribution in [0.5, 0.6) is 0 Å². The van der Waals surface area contributed by atoms with Crippen molar-refractivity contribution in [3.05, 3.63) is 76.2 Å². The van der Waals surface area contributed by atoms with Crippen LogP contribution >= 0.6 is 0 Å². The quantitative estimate of drug-likeness (QED) is 0.684. The average Bonchev–Trinajstić information content (AvgIpc) is 2.54. The van der Waals surface area contributed by atoms with Crippen LogP contribution in [0.25, 0.3) is 5.65 Å². The predicted molar refractivity (Wildman–Crippen MR) is 82.7 cm³/mol. The van der Waals surface area contributed by atoms with E-state index in [4.69, 9.17) is 0 Å². The smallest absolute Gasteiger partial charge is 0.259 e. The van der Waals surface area contributed by atoms with Gasteiger partial charge in [-0.2, -0.15) is 0 Å². The molecule has 0 aliphatic carbocycles. The molecule has 4 rings (SSSR count). The molecule has 0 N–H and O–H groups in total. The minimum absolute atomic E-state index is 0.0329. The summed E-state index contributed by atoms with van der Waals surface area (Å²) in [6, 6.07) is 15.7. The third kappa shape index (κ3) is 2.09. The number of nitrogens with zero attached hydrogens (tertiary/aromatic N) is 3. The molecule has 0 radical (unpaired) electrons. The first-order valence-electron chi connectivity index (χ1n) is 7.11. The number of fused-ring (bicyclic) bond motifs is 2. The summed E-state index contributed by atoms with van der Waals surface area (Å²) in [6.07, 6.45) is 2.74. The van der Waals surface area contributed by atoms with Crippen LogP contribution in [0.2, 0.25) is 0 Å². The minimum Gasteiger partial charge on any atom is -0.352 e. The average molecular weight is 277 g/mol. The van der Waals surface area contributed by atoms with E-state index in [2.05, 4.69) is 34.1 Å². The van der Waals surface area contributed by atoms with E-state index >= 15 is 0 Å². The van der Waals surface area contributed by atoms with E-state index in [1.165, 1.54) is 11.1 Å². The van der Waals surface area contributed by atoms with E-state index in [0.29, 0.717) is 5.65 Å². The molecule has 4 heteroatoms. The van der Waals surface area contributed by atoms with Gasteiger partial charge in [-0.1, -0.05) is 30.3 Å². The van der Waals surface area contributed by atoms with Crippen molar-refractivity contribution in [1.29, 1.82) is 0 Å². The number of anilines is 1. The van der Waals surface area contributed by atoms with Gasteiger partial charge in [-0.3, -0.25) is 9.20 Å². The monoisotopic (exact) mass is 277 g/mol. The largest absolute Gasteiger partial charge is 0.352 e. The van der Waals surface area contributed by atoms with Crippen LogP contribution in [0, 0.1) is 0 Å². The molecule has 0 saturated heterocycles. The van der Waals surface area contributed by atoms with Gasteiger partial charge >= 0.3 is 0 Å². The lowest BCUT2D eigenvalue weighted by molar-refractivity contribution is 0.719. The molecule has 1 aliphatic heterocycles. The summed E-state index contributed by atoms with van der Waals surface area (Å²) in [7, 11) is 0. The molecule has 0 saturated carbocycles. The first-order valence-corrected chi connectivity index (χ1v) is 7.11. The Kier molecular flexibility index (Phi) is 2.74. The molecule has 1 aromatic carbocycles. The molecule has 1 aliphatic rings. The molecule has 3 aromatic rings. The highest BCUT2D eigenvalue weighted by atomic mass is 16.1. The standard InChI is InChI=1S/C17H15N3O/c21-17-11-16(18-15-7-3-4-9-20(15)17)19-10-8-13-5-1-2-6-14(13)12-19/h1-7,9,11H,8,10,12H2. The highest BCUT2D eigenvalue weighted by Gasteiger charge is 2.17. The minimum atomic E-state index is -0.0329. The summed E-state index contributed by atoms with van der Waals surface area (Å²) in [6.45, 7) is 1.71. The summed E-state index contributed by atoms with van der Waals surface area (Å²) in [5.74, 6) is 0.765. The molecule has 4 nitrogen and oxygen atoms in total. The Labute approximate surface area is 122 Å². The van der Waals surface area contributed by atoms with Crippen molar-refractivity contribution in [3.8, 4) is 0 Å². The summed E-state index contributed by atoms with van der Waals surface area (Å²) in [4.78, 5) is 19.0. The normalized spacial score (nSPS) is 14.2. The van der Waals surface area contributed by atoms with Gasteiger partial charge in [0, 0.05) is 25.4 Å². The molecule has 104 valence electrons. The topological polar surface area (TPSA) is 37.6 Å². The molecule has 2 aromatic heterocycles. The molecular weight excluding hydrogens is 262 g/mol. The zero-order valence-electron chi connectivity index (χ0n) is 11.6. The second-order valence-electron chi connectivity index (χ2n) is 5.32. The second-order valence-corrected chi connectivity index (χ2v) is 5.32. The van der Waals surface area contributed by atoms with E-state index in [0.717, 1.165) is 25.3 Å². The Hall–Kier alpha value is -2.62. The highest BCUT2D eigenvalue weighted by Crippen LogP contribution is 2.22. The number of benzene rings is 1. The van der Waals surface area contributed by atoms with Crippen LogP contribution in [0.1, 0.15) is 11.1 Å². The summed E-state index contributed by atoms with van der Waals surface area (Å²) >= 11 is 0. The van der Waals surface area contributed by atoms with Crippen molar-refractivity contribution in [2.45, 2.75) is 13.0 Å². The molecule has 21 heavy (non-hydrogen) atoms. The van der Waals surface area contributed by atoms with Gasteiger partial charge in [0.15, 0.2) is 0 Å². The fourth-order valence-electron chi connectivity index (χ4n) is 2.89. The van der Waals surface area contributed by atoms with Crippen LogP contribution in [-0.2, 0) is 13.0 Å². The van der Waals surface area contributed by atoms with Crippen LogP contribution in [0.15, 0.2) is 59.5 Å². The van der Waals surface area contributed by atoms with Crippen LogP contribution in [-0.4, -0.2) is 15.9 Å². The van der Waals surface area contributed by atoms with Crippen molar-refractivity contribution in [2.24, 2.45) is 0 Å². The maximum absolute atomic E-state index is 12.2. The van der Waals surface area contributed by atoms with Gasteiger partial charge in [-0.05, 0) is 29.7 Å². The zero-order chi connectivity index (χ0) is 14.2. The summed E-state index contributed by atoms with van der Waals surface area (Å²) in [5.41, 5.74) is 3.37. The van der Waals surface area contributed by atoms with Crippen LogP contribution in [0.4, 0.5) is 5.82 Å². The van der Waals surface area contributed by atoms with Crippen LogP contribution in [0.3, 0.4) is 0 Å². The number of hydrogen-bond donors (Lipinski definition) is 0. The second kappa shape index (κ2) is 4.74. The van der Waals surface area contributed by atoms with Crippen molar-refractivity contribution >= 4 is 11.5 Å². The van der Waals surface area contributed by atoms with Gasteiger partial charge in [0.1, 0.15) is 11.5 Å². The van der Waals surface area contributed by atoms with Crippen molar-refractivity contribution in [1.82, 2.24) is 9.38 Å². The molecular formula is C17H15N3O. The van der Waals surface area contributed by atoms with E-state index in [1.54, 1.807) is 16.7 Å². The van der Waals surface area contributed by atoms with Gasteiger partial charge in [-0.25, -0.2) is 4.98 Å². The fraction of sp³-hybridized carbons (Fsp3) is 0.176. The van der Waals surface area contributed by atoms with E-state index in [-0.39, 0.29) is 5.56 Å². The van der Waals surface area contributed by atoms with Crippen LogP contribution < -0.4 is 10.5 Å². The predicted octanol–water partition coefficient (Wildman–Crippen LogP) is 2.26. The molecule has 0 spiro atoms. The maximum atomic E-state index is 12.2. The molecule has 0 atom stereocenters. The van der Waals surface area contributed by atoms with Gasteiger partial charge in [0.2, 0.25) is 0 Å². The SMILES string of the molecule is O=c1cc(N2CCc3ccccc3C2)nc2ccccn12. The van der Waals surface area contributed by atoms with E-state index < -0.39 is 0 Å². The molecule has 0 fully saturated rings. The number of rotatable bonds is 1. The lowest BCUT2D eigenvalue weighted by atomic mass is 10.00. The first-order chi connectivity index (χ1) is 10.3. The number of pyridine rings is 1. The highest BCUT2D eigenvalue weighted by molar-refractivity contribution is 5.50. The third-order valence-corrected chi connectivity index (χ3v) is 4.01. The van der Waals surface area contributed by atoms with Gasteiger partial charge in [0.25, 0.3) is 5.56 Å². The van der Waals surface area contributed by atoms with E-state index in [1.807, 2.05) is 18.2 Å². The lowest BCUT2D eigenvalue weighted by Crippen LogP contribution is -2.32. The molecule has 3 heterocycles. The number of aromatic nitrogens is 2. The zero-order valence-corrected chi connectivity index (χ0v) is 11.6. The third-order valence-electron chi connectivity index (χ3n) is 4.01. The first kappa shape index (κ1) is 12.1. The Bertz CT molecular complexity index is 869. The fourth-order valence-corrected chi connectivity index (χ4v) is 2.89. The molecule has 0 unspecified atom stereocenters. The van der Waals surface area contributed by atoms with Crippen molar-refractivity contribution < 1.29 is 0 Å². The van der Waals surface area contributed by atoms with Crippen molar-refractivity contribution in [3.63, 3.8) is 0 Å². The Morgan fingerprint density at radius 3 is 2.71 bits per heavy atom. The Balaban J connectivity index is 1.76. The molecule has 0 amide bonds. The van der Waals surface area contributed by atoms with E-state index in [9.17, 15) is 4.79 Å². The molecule has 0 bridgehead atoms. The van der Waals surface area contributed by atoms with Gasteiger partial charge in [-0.15, -0.1) is 0 Å². The lowest BCUT2D eigenvalue weighted by Gasteiger charge is -2.29. The van der Waals surface area contributed by atoms with Crippen molar-refractivity contribution in [2.75, 3.05) is 11.4 Å².